The number of para-hydroxylation sites is 1. The molecule has 4 heteroatoms. The average molecular weight is 442 g/mol. The van der Waals surface area contributed by atoms with Crippen LogP contribution in [0, 0.1) is 6.92 Å². The van der Waals surface area contributed by atoms with E-state index in [0.717, 1.165) is 65.3 Å². The molecule has 0 amide bonds. The minimum absolute atomic E-state index is 0.386. The second kappa shape index (κ2) is 11.5. The van der Waals surface area contributed by atoms with Gasteiger partial charge in [-0.2, -0.15) is 0 Å². The first-order valence-electron chi connectivity index (χ1n) is 11.6. The summed E-state index contributed by atoms with van der Waals surface area (Å²) in [5.41, 5.74) is 5.18. The highest BCUT2D eigenvalue weighted by molar-refractivity contribution is 5.86. The molecule has 0 saturated carbocycles. The van der Waals surface area contributed by atoms with Gasteiger partial charge in [0, 0.05) is 17.6 Å². The molecule has 170 valence electrons. The lowest BCUT2D eigenvalue weighted by atomic mass is 10.1. The Morgan fingerprint density at radius 2 is 1.48 bits per heavy atom. The van der Waals surface area contributed by atoms with Crippen LogP contribution in [0.2, 0.25) is 0 Å². The summed E-state index contributed by atoms with van der Waals surface area (Å²) in [6, 6.07) is 26.5. The lowest BCUT2D eigenvalue weighted by Crippen LogP contribution is -2.06. The van der Waals surface area contributed by atoms with Crippen LogP contribution in [-0.4, -0.2) is 18.2 Å². The molecule has 33 heavy (non-hydrogen) atoms. The Kier molecular flexibility index (Phi) is 7.94. The van der Waals surface area contributed by atoms with E-state index in [1.807, 2.05) is 48.5 Å². The van der Waals surface area contributed by atoms with Crippen molar-refractivity contribution in [3.63, 3.8) is 0 Å². The maximum Gasteiger partial charge on any atom is 0.134 e. The Labute approximate surface area is 196 Å². The highest BCUT2D eigenvalue weighted by Crippen LogP contribution is 2.31. The fourth-order valence-corrected chi connectivity index (χ4v) is 3.72. The van der Waals surface area contributed by atoms with Crippen LogP contribution in [0.5, 0.6) is 11.5 Å². The highest BCUT2D eigenvalue weighted by atomic mass is 16.5. The normalized spacial score (nSPS) is 11.0. The zero-order valence-electron chi connectivity index (χ0n) is 19.4. The maximum absolute atomic E-state index is 6.29. The molecule has 4 aromatic rings. The van der Waals surface area contributed by atoms with Crippen molar-refractivity contribution in [3.05, 3.63) is 101 Å². The summed E-state index contributed by atoms with van der Waals surface area (Å²) >= 11 is 0. The van der Waals surface area contributed by atoms with E-state index in [1.165, 1.54) is 5.56 Å². The van der Waals surface area contributed by atoms with Crippen LogP contribution < -0.4 is 9.47 Å². The molecule has 0 bridgehead atoms. The van der Waals surface area contributed by atoms with Crippen molar-refractivity contribution in [3.8, 4) is 11.5 Å². The largest absolute Gasteiger partial charge is 0.488 e. The van der Waals surface area contributed by atoms with E-state index in [1.54, 1.807) is 0 Å². The van der Waals surface area contributed by atoms with Gasteiger partial charge in [0.2, 0.25) is 0 Å². The third-order valence-electron chi connectivity index (χ3n) is 5.59. The van der Waals surface area contributed by atoms with E-state index < -0.39 is 0 Å². The van der Waals surface area contributed by atoms with Crippen molar-refractivity contribution in [2.45, 2.75) is 39.9 Å². The summed E-state index contributed by atoms with van der Waals surface area (Å²) < 4.78 is 18.0. The van der Waals surface area contributed by atoms with Crippen LogP contribution >= 0.6 is 0 Å². The molecule has 0 spiro atoms. The monoisotopic (exact) mass is 441 g/mol. The molecule has 0 atom stereocenters. The molecule has 0 aliphatic carbocycles. The Hall–Kier alpha value is -3.37. The number of rotatable bonds is 11. The van der Waals surface area contributed by atoms with Crippen LogP contribution in [0.15, 0.2) is 78.9 Å². The molecular weight excluding hydrogens is 410 g/mol. The number of benzene rings is 3. The number of hydrogen-bond donors (Lipinski definition) is 0. The first-order chi connectivity index (χ1) is 16.2. The van der Waals surface area contributed by atoms with Gasteiger partial charge in [0.25, 0.3) is 0 Å². The number of ether oxygens (including phenoxy) is 3. The highest BCUT2D eigenvalue weighted by Gasteiger charge is 2.14. The lowest BCUT2D eigenvalue weighted by molar-refractivity contribution is 0.138. The van der Waals surface area contributed by atoms with Crippen molar-refractivity contribution in [2.75, 3.05) is 13.2 Å². The van der Waals surface area contributed by atoms with Crippen molar-refractivity contribution < 1.29 is 14.2 Å². The summed E-state index contributed by atoms with van der Waals surface area (Å²) in [4.78, 5) is 4.86. The van der Waals surface area contributed by atoms with Crippen molar-refractivity contribution in [1.29, 1.82) is 0 Å². The van der Waals surface area contributed by atoms with E-state index in [9.17, 15) is 0 Å². The Balaban J connectivity index is 1.47. The fraction of sp³-hybridized carbons (Fsp3) is 0.276. The van der Waals surface area contributed by atoms with E-state index in [2.05, 4.69) is 44.2 Å². The molecule has 0 saturated heterocycles. The Morgan fingerprint density at radius 3 is 2.27 bits per heavy atom. The van der Waals surface area contributed by atoms with E-state index >= 15 is 0 Å². The van der Waals surface area contributed by atoms with Crippen LogP contribution in [0.25, 0.3) is 10.9 Å². The van der Waals surface area contributed by atoms with Crippen LogP contribution in [0.1, 0.15) is 35.7 Å². The molecule has 0 aliphatic heterocycles. The molecule has 0 fully saturated rings. The second-order valence-corrected chi connectivity index (χ2v) is 8.10. The van der Waals surface area contributed by atoms with Crippen molar-refractivity contribution >= 4 is 10.9 Å². The fourth-order valence-electron chi connectivity index (χ4n) is 3.72. The van der Waals surface area contributed by atoms with Gasteiger partial charge in [-0.1, -0.05) is 61.5 Å². The third kappa shape index (κ3) is 6.11. The van der Waals surface area contributed by atoms with Gasteiger partial charge < -0.3 is 14.2 Å². The van der Waals surface area contributed by atoms with Gasteiger partial charge in [-0.05, 0) is 55.2 Å². The zero-order valence-corrected chi connectivity index (χ0v) is 19.4. The summed E-state index contributed by atoms with van der Waals surface area (Å²) in [6.07, 6.45) is 1.96. The predicted molar refractivity (Wildman–Crippen MR) is 133 cm³/mol. The quantitative estimate of drug-likeness (QED) is 0.244. The molecule has 0 aliphatic rings. The minimum atomic E-state index is 0.386. The molecule has 0 radical (unpaired) electrons. The molecule has 1 aromatic heterocycles. The van der Waals surface area contributed by atoms with E-state index in [4.69, 9.17) is 19.2 Å². The maximum atomic E-state index is 6.29. The summed E-state index contributed by atoms with van der Waals surface area (Å²) in [7, 11) is 0. The topological polar surface area (TPSA) is 40.6 Å². The molecule has 0 N–H and O–H groups in total. The van der Waals surface area contributed by atoms with E-state index in [0.29, 0.717) is 13.2 Å². The third-order valence-corrected chi connectivity index (χ3v) is 5.59. The molecular formula is C29H31NO3. The first-order valence-corrected chi connectivity index (χ1v) is 11.6. The SMILES string of the molecule is CCCOCCc1ccc(OCc2nc3ccccc3c(OCc3ccccc3)c2C)cc1. The van der Waals surface area contributed by atoms with Crippen molar-refractivity contribution in [1.82, 2.24) is 4.98 Å². The molecule has 3 aromatic carbocycles. The van der Waals surface area contributed by atoms with Crippen LogP contribution in [0.4, 0.5) is 0 Å². The summed E-state index contributed by atoms with van der Waals surface area (Å²) in [6.45, 7) is 6.64. The van der Waals surface area contributed by atoms with Gasteiger partial charge in [0.15, 0.2) is 0 Å². The second-order valence-electron chi connectivity index (χ2n) is 8.10. The van der Waals surface area contributed by atoms with Gasteiger partial charge in [0.1, 0.15) is 24.7 Å². The Morgan fingerprint density at radius 1 is 0.727 bits per heavy atom. The number of fused-ring (bicyclic) bond motifs is 1. The lowest BCUT2D eigenvalue weighted by Gasteiger charge is -2.16. The van der Waals surface area contributed by atoms with Gasteiger partial charge in [0.05, 0.1) is 17.8 Å². The number of hydrogen-bond acceptors (Lipinski definition) is 4. The zero-order chi connectivity index (χ0) is 22.9. The number of nitrogens with zero attached hydrogens (tertiary/aromatic N) is 1. The minimum Gasteiger partial charge on any atom is -0.488 e. The smallest absolute Gasteiger partial charge is 0.134 e. The molecule has 4 nitrogen and oxygen atoms in total. The van der Waals surface area contributed by atoms with Crippen LogP contribution in [-0.2, 0) is 24.4 Å². The van der Waals surface area contributed by atoms with Gasteiger partial charge >= 0.3 is 0 Å². The standard InChI is InChI=1S/C29H31NO3/c1-3-18-31-19-17-23-13-15-25(16-14-23)32-21-28-22(2)29(26-11-7-8-12-27(26)30-28)33-20-24-9-5-4-6-10-24/h4-16H,3,17-21H2,1-2H3. The van der Waals surface area contributed by atoms with E-state index in [-0.39, 0.29) is 0 Å². The van der Waals surface area contributed by atoms with Gasteiger partial charge in [-0.3, -0.25) is 0 Å². The van der Waals surface area contributed by atoms with Gasteiger partial charge in [-0.25, -0.2) is 4.98 Å². The van der Waals surface area contributed by atoms with Crippen LogP contribution in [0.3, 0.4) is 0 Å². The average Bonchev–Trinajstić information content (AvgIpc) is 2.86. The Bertz CT molecular complexity index is 1160. The molecule has 0 unspecified atom stereocenters. The number of pyridine rings is 1. The van der Waals surface area contributed by atoms with Crippen molar-refractivity contribution in [2.24, 2.45) is 0 Å². The molecule has 4 rings (SSSR count). The summed E-state index contributed by atoms with van der Waals surface area (Å²) in [5.74, 6) is 1.69. The number of aromatic nitrogens is 1. The summed E-state index contributed by atoms with van der Waals surface area (Å²) in [5, 5.41) is 1.02. The first kappa shape index (κ1) is 22.8. The molecule has 1 heterocycles. The predicted octanol–water partition coefficient (Wildman–Crippen LogP) is 6.67. The van der Waals surface area contributed by atoms with Gasteiger partial charge in [-0.15, -0.1) is 0 Å².